The number of aliphatic hydroxyl groups is 16. The number of unbranched alkanes of at least 4 members (excludes halogenated alkanes) is 25. The Bertz CT molecular complexity index is 2500. The van der Waals surface area contributed by atoms with Crippen LogP contribution in [0.4, 0.5) is 0 Å². The van der Waals surface area contributed by atoms with E-state index in [1.807, 2.05) is 6.08 Å². The second-order valence-electron chi connectivity index (χ2n) is 29.3. The van der Waals surface area contributed by atoms with E-state index in [0.717, 1.165) is 71.6 Å². The van der Waals surface area contributed by atoms with Crippen molar-refractivity contribution in [1.29, 1.82) is 0 Å². The number of carbonyl (C=O) groups is 4. The lowest BCUT2D eigenvalue weighted by atomic mass is 9.88. The number of carboxylic acids is 1. The highest BCUT2D eigenvalue weighted by Gasteiger charge is 2.62. The molecule has 34 heteroatoms. The molecule has 5 saturated heterocycles. The average molecular weight is 1550 g/mol. The minimum absolute atomic E-state index is 0.135. The van der Waals surface area contributed by atoms with Gasteiger partial charge in [-0.3, -0.25) is 14.4 Å². The van der Waals surface area contributed by atoms with Crippen molar-refractivity contribution in [2.75, 3.05) is 39.6 Å². The molecule has 5 rings (SSSR count). The van der Waals surface area contributed by atoms with Crippen molar-refractivity contribution >= 4 is 23.7 Å². The van der Waals surface area contributed by atoms with E-state index in [1.165, 1.54) is 103 Å². The molecule has 624 valence electrons. The maximum atomic E-state index is 13.8. The first-order chi connectivity index (χ1) is 51.3. The summed E-state index contributed by atoms with van der Waals surface area (Å²) < 4.78 is 60.1. The van der Waals surface area contributed by atoms with Crippen LogP contribution in [0.5, 0.6) is 0 Å². The molecule has 0 aliphatic carbocycles. The van der Waals surface area contributed by atoms with Crippen LogP contribution < -0.4 is 16.0 Å². The van der Waals surface area contributed by atoms with Crippen molar-refractivity contribution in [2.24, 2.45) is 0 Å². The number of carboxylic acid groups (broad SMARTS) is 1. The van der Waals surface area contributed by atoms with Crippen LogP contribution >= 0.6 is 0 Å². The molecule has 28 unspecified atom stereocenters. The van der Waals surface area contributed by atoms with Gasteiger partial charge in [0.25, 0.3) is 5.79 Å². The van der Waals surface area contributed by atoms with Crippen LogP contribution in [0.25, 0.3) is 0 Å². The lowest BCUT2D eigenvalue weighted by molar-refractivity contribution is -0.403. The van der Waals surface area contributed by atoms with E-state index >= 15 is 0 Å². The molecule has 0 saturated carbocycles. The van der Waals surface area contributed by atoms with Crippen LogP contribution in [0.3, 0.4) is 0 Å². The van der Waals surface area contributed by atoms with Crippen LogP contribution in [0.2, 0.25) is 0 Å². The van der Waals surface area contributed by atoms with Crippen molar-refractivity contribution in [3.63, 3.8) is 0 Å². The molecule has 3 amide bonds. The molecule has 34 nitrogen and oxygen atoms in total. The molecule has 5 heterocycles. The topological polar surface area (TPSA) is 541 Å². The second-order valence-corrected chi connectivity index (χ2v) is 29.3. The minimum Gasteiger partial charge on any atom is -0.477 e. The number of amides is 3. The number of aliphatic carboxylic acids is 1. The third-order valence-corrected chi connectivity index (χ3v) is 20.6. The van der Waals surface area contributed by atoms with Crippen molar-refractivity contribution < 1.29 is 153 Å². The van der Waals surface area contributed by atoms with Crippen molar-refractivity contribution in [2.45, 2.75) is 385 Å². The van der Waals surface area contributed by atoms with Gasteiger partial charge in [0.15, 0.2) is 25.2 Å². The summed E-state index contributed by atoms with van der Waals surface area (Å²) in [6.45, 7) is 0.317. The first-order valence-corrected chi connectivity index (χ1v) is 39.1. The summed E-state index contributed by atoms with van der Waals surface area (Å²) >= 11 is 0. The third-order valence-electron chi connectivity index (χ3n) is 20.6. The predicted octanol–water partition coefficient (Wildman–Crippen LogP) is -1.04. The first-order valence-electron chi connectivity index (χ1n) is 39.1. The first kappa shape index (κ1) is 94.2. The Kier molecular flexibility index (Phi) is 44.0. The fourth-order valence-electron chi connectivity index (χ4n) is 14.3. The Labute approximate surface area is 627 Å². The summed E-state index contributed by atoms with van der Waals surface area (Å²) in [6.07, 6.45) is -16.8. The lowest BCUT2D eigenvalue weighted by Crippen LogP contribution is -2.72. The number of allylic oxidation sites excluding steroid dienone is 1. The predicted molar refractivity (Wildman–Crippen MR) is 378 cm³/mol. The molecule has 20 N–H and O–H groups in total. The van der Waals surface area contributed by atoms with E-state index in [9.17, 15) is 106 Å². The molecule has 5 aliphatic rings. The van der Waals surface area contributed by atoms with E-state index in [2.05, 4.69) is 29.8 Å². The molecule has 107 heavy (non-hydrogen) atoms. The highest BCUT2D eigenvalue weighted by atomic mass is 16.8. The summed E-state index contributed by atoms with van der Waals surface area (Å²) in [5.74, 6) is -7.71. The zero-order valence-corrected chi connectivity index (χ0v) is 62.8. The van der Waals surface area contributed by atoms with Crippen LogP contribution in [0, 0.1) is 0 Å². The van der Waals surface area contributed by atoms with Gasteiger partial charge in [-0.2, -0.15) is 0 Å². The Balaban J connectivity index is 1.40. The van der Waals surface area contributed by atoms with Gasteiger partial charge < -0.3 is 150 Å². The van der Waals surface area contributed by atoms with Gasteiger partial charge in [-0.15, -0.1) is 0 Å². The molecular formula is C73H131N3O31. The van der Waals surface area contributed by atoms with Gasteiger partial charge >= 0.3 is 5.97 Å². The van der Waals surface area contributed by atoms with E-state index in [-0.39, 0.29) is 12.3 Å². The standard InChI is InChI=1S/C73H131N3O31/c1-5-7-9-11-13-15-17-19-20-22-24-26-28-30-32-34-52(87)76-44(45(84)33-31-29-27-25-23-21-18-16-14-12-10-8-6-2)41-98-69-61(94)59(92)63(50(39-80)101-69)103-71-62(95)67(107-73(72(96)97)35-46(85)53(74-42(3)82)66(106-73)55(88)47(86)36-77)64(51(40-81)102-71)104-68-54(75-43(4)83)65(57(90)49(38-79)99-68)105-70-60(93)58(91)56(89)48(37-78)100-70/h31,33,44-51,53-71,77-81,84-86,88-95H,5-30,32,34-41H2,1-4H3,(H,74,82)(H,75,83)(H,76,87)(H,96,97). The quantitative estimate of drug-likeness (QED) is 0.0255. The molecule has 28 atom stereocenters. The summed E-state index contributed by atoms with van der Waals surface area (Å²) in [5, 5.41) is 197. The number of aliphatic hydroxyl groups excluding tert-OH is 16. The molecule has 5 fully saturated rings. The third kappa shape index (κ3) is 29.2. The number of hydrogen-bond acceptors (Lipinski definition) is 30. The second kappa shape index (κ2) is 49.9. The number of nitrogens with one attached hydrogen (secondary N) is 3. The van der Waals surface area contributed by atoms with Crippen LogP contribution in [-0.4, -0.2) is 321 Å². The molecule has 5 aliphatic heterocycles. The van der Waals surface area contributed by atoms with Crippen molar-refractivity contribution in [3.05, 3.63) is 12.2 Å². The summed E-state index contributed by atoms with van der Waals surface area (Å²) in [5.41, 5.74) is 0. The summed E-state index contributed by atoms with van der Waals surface area (Å²) in [7, 11) is 0. The smallest absolute Gasteiger partial charge is 0.364 e. The van der Waals surface area contributed by atoms with Gasteiger partial charge in [0.05, 0.1) is 63.9 Å². The molecule has 0 aromatic carbocycles. The fraction of sp³-hybridized carbons (Fsp3) is 0.918. The van der Waals surface area contributed by atoms with Gasteiger partial charge in [0, 0.05) is 26.7 Å². The number of carbonyl (C=O) groups excluding carboxylic acids is 3. The largest absolute Gasteiger partial charge is 0.477 e. The van der Waals surface area contributed by atoms with Crippen molar-refractivity contribution in [3.8, 4) is 0 Å². The van der Waals surface area contributed by atoms with Gasteiger partial charge in [0.2, 0.25) is 17.7 Å². The normalized spacial score (nSPS) is 34.6. The number of rotatable bonds is 52. The molecular weight excluding hydrogens is 1410 g/mol. The molecule has 0 spiro atoms. The van der Waals surface area contributed by atoms with Gasteiger partial charge in [-0.05, 0) is 19.3 Å². The van der Waals surface area contributed by atoms with E-state index < -0.39 is 235 Å². The Hall–Kier alpha value is -3.42. The zero-order valence-electron chi connectivity index (χ0n) is 62.8. The number of hydrogen-bond donors (Lipinski definition) is 20. The number of ether oxygens (including phenoxy) is 10. The highest BCUT2D eigenvalue weighted by Crippen LogP contribution is 2.41. The molecule has 0 bridgehead atoms. The van der Waals surface area contributed by atoms with Gasteiger partial charge in [0.1, 0.15) is 116 Å². The molecule has 0 radical (unpaired) electrons. The highest BCUT2D eigenvalue weighted by molar-refractivity contribution is 5.77. The Morgan fingerprint density at radius 1 is 0.486 bits per heavy atom. The Morgan fingerprint density at radius 2 is 0.925 bits per heavy atom. The van der Waals surface area contributed by atoms with Crippen LogP contribution in [-0.2, 0) is 66.5 Å². The van der Waals surface area contributed by atoms with E-state index in [1.54, 1.807) is 6.08 Å². The fourth-order valence-corrected chi connectivity index (χ4v) is 14.3. The SMILES string of the molecule is CCCCCCCCCCCCCC=CC(O)C(COC1OC(CO)C(OC2OC(CO)C(OC3OC(CO)C(O)C(OC4OC(CO)C(O)C(O)C4O)C3NC(C)=O)C(OC3(C(=O)O)CC(O)C(NC(C)=O)C(C(O)C(O)CO)O3)C2O)C(O)C1O)NC(=O)CCCCCCCCCCCCCCCCC. The summed E-state index contributed by atoms with van der Waals surface area (Å²) in [6, 6.07) is -4.81. The van der Waals surface area contributed by atoms with E-state index in [0.29, 0.717) is 12.8 Å². The maximum Gasteiger partial charge on any atom is 0.364 e. The minimum atomic E-state index is -3.38. The van der Waals surface area contributed by atoms with Crippen LogP contribution in [0.15, 0.2) is 12.2 Å². The van der Waals surface area contributed by atoms with E-state index in [4.69, 9.17) is 47.4 Å². The van der Waals surface area contributed by atoms with Gasteiger partial charge in [-0.1, -0.05) is 180 Å². The summed E-state index contributed by atoms with van der Waals surface area (Å²) in [4.78, 5) is 53.0. The maximum absolute atomic E-state index is 13.8. The van der Waals surface area contributed by atoms with Crippen molar-refractivity contribution in [1.82, 2.24) is 16.0 Å². The Morgan fingerprint density at radius 3 is 1.44 bits per heavy atom. The van der Waals surface area contributed by atoms with Crippen LogP contribution in [0.1, 0.15) is 214 Å². The monoisotopic (exact) mass is 1550 g/mol. The molecule has 0 aromatic heterocycles. The zero-order chi connectivity index (χ0) is 78.8. The lowest BCUT2D eigenvalue weighted by Gasteiger charge is -2.52. The average Bonchev–Trinajstić information content (AvgIpc) is 0.750. The van der Waals surface area contributed by atoms with Gasteiger partial charge in [-0.25, -0.2) is 4.79 Å². The molecule has 0 aromatic rings.